The van der Waals surface area contributed by atoms with Gasteiger partial charge in [0.15, 0.2) is 0 Å². The molecule has 94 valence electrons. The fourth-order valence-electron chi connectivity index (χ4n) is 1.60. The van der Waals surface area contributed by atoms with E-state index in [0.29, 0.717) is 0 Å². The molecule has 0 fully saturated rings. The van der Waals surface area contributed by atoms with Crippen LogP contribution in [0.5, 0.6) is 0 Å². The summed E-state index contributed by atoms with van der Waals surface area (Å²) in [6.07, 6.45) is 7.27. The van der Waals surface area contributed by atoms with Crippen LogP contribution >= 0.6 is 0 Å². The van der Waals surface area contributed by atoms with Crippen molar-refractivity contribution in [1.82, 2.24) is 0 Å². The Bertz CT molecular complexity index is 219. The van der Waals surface area contributed by atoms with Gasteiger partial charge in [-0.3, -0.25) is 0 Å². The molecule has 0 radical (unpaired) electrons. The van der Waals surface area contributed by atoms with E-state index < -0.39 is 0 Å². The first-order valence-electron chi connectivity index (χ1n) is 5.70. The first-order chi connectivity index (χ1) is 7.33. The Morgan fingerprint density at radius 1 is 0.812 bits per heavy atom. The summed E-state index contributed by atoms with van der Waals surface area (Å²) in [6, 6.07) is 0. The fourth-order valence-corrected chi connectivity index (χ4v) is 1.60. The molecule has 16 heavy (non-hydrogen) atoms. The highest BCUT2D eigenvalue weighted by molar-refractivity contribution is 5.64. The summed E-state index contributed by atoms with van der Waals surface area (Å²) in [5.41, 5.74) is -0.103. The average Bonchev–Trinajstić information content (AvgIpc) is 2.12. The third-order valence-electron chi connectivity index (χ3n) is 2.71. The highest BCUT2D eigenvalue weighted by atomic mass is 16.4. The molecule has 0 aliphatic heterocycles. The van der Waals surface area contributed by atoms with Crippen LogP contribution in [0.3, 0.4) is 0 Å². The Balaban J connectivity index is 3.84. The molecule has 0 unspecified atom stereocenters. The number of rotatable bonds is 7. The minimum atomic E-state index is -0.0516. The van der Waals surface area contributed by atoms with Crippen LogP contribution in [0.4, 0.5) is 0 Å². The summed E-state index contributed by atoms with van der Waals surface area (Å²) in [4.78, 5) is 0. The summed E-state index contributed by atoms with van der Waals surface area (Å²) in [5, 5.41) is 23.1. The van der Waals surface area contributed by atoms with Gasteiger partial charge < -0.3 is 10.4 Å². The summed E-state index contributed by atoms with van der Waals surface area (Å²) < 4.78 is 0. The molecule has 0 aromatic rings. The summed E-state index contributed by atoms with van der Waals surface area (Å²) in [7, 11) is 0. The van der Waals surface area contributed by atoms with Crippen LogP contribution in [0.15, 0.2) is 10.3 Å². The van der Waals surface area contributed by atoms with Crippen LogP contribution in [0.2, 0.25) is 0 Å². The molecule has 0 saturated heterocycles. The van der Waals surface area contributed by atoms with Crippen molar-refractivity contribution in [2.24, 2.45) is 21.1 Å². The Labute approximate surface area is 98.0 Å². The van der Waals surface area contributed by atoms with Gasteiger partial charge in [0.1, 0.15) is 0 Å². The van der Waals surface area contributed by atoms with Gasteiger partial charge in [0.25, 0.3) is 0 Å². The predicted octanol–water partition coefficient (Wildman–Crippen LogP) is 3.52. The quantitative estimate of drug-likeness (QED) is 0.303. The molecule has 0 atom stereocenters. The van der Waals surface area contributed by atoms with Crippen molar-refractivity contribution in [2.45, 2.75) is 53.4 Å². The first-order valence-corrected chi connectivity index (χ1v) is 5.70. The van der Waals surface area contributed by atoms with Crippen molar-refractivity contribution in [2.75, 3.05) is 0 Å². The average molecular weight is 228 g/mol. The van der Waals surface area contributed by atoms with Crippen molar-refractivity contribution in [3.63, 3.8) is 0 Å². The molecule has 4 nitrogen and oxygen atoms in total. The minimum Gasteiger partial charge on any atom is -0.411 e. The van der Waals surface area contributed by atoms with Gasteiger partial charge in [-0.25, -0.2) is 0 Å². The zero-order valence-electron chi connectivity index (χ0n) is 10.8. The van der Waals surface area contributed by atoms with Crippen LogP contribution in [0.25, 0.3) is 0 Å². The van der Waals surface area contributed by atoms with Crippen molar-refractivity contribution in [3.05, 3.63) is 0 Å². The van der Waals surface area contributed by atoms with Gasteiger partial charge in [-0.15, -0.1) is 10.3 Å². The van der Waals surface area contributed by atoms with Gasteiger partial charge in [0, 0.05) is 23.3 Å². The van der Waals surface area contributed by atoms with Gasteiger partial charge in [0.05, 0.1) is 0 Å². The number of hydrogen-bond acceptors (Lipinski definition) is 4. The third-order valence-corrected chi connectivity index (χ3v) is 2.71. The maximum absolute atomic E-state index is 8.48. The second-order valence-electron chi connectivity index (χ2n) is 5.67. The van der Waals surface area contributed by atoms with Gasteiger partial charge in [0.2, 0.25) is 0 Å². The highest BCUT2D eigenvalue weighted by Crippen LogP contribution is 2.25. The Kier molecular flexibility index (Phi) is 6.08. The lowest BCUT2D eigenvalue weighted by Crippen LogP contribution is -2.15. The largest absolute Gasteiger partial charge is 0.411 e. The predicted molar refractivity (Wildman–Crippen MR) is 66.6 cm³/mol. The first kappa shape index (κ1) is 14.9. The van der Waals surface area contributed by atoms with Crippen molar-refractivity contribution < 1.29 is 10.4 Å². The zero-order chi connectivity index (χ0) is 12.7. The zero-order valence-corrected chi connectivity index (χ0v) is 10.8. The van der Waals surface area contributed by atoms with E-state index in [9.17, 15) is 0 Å². The molecule has 0 spiro atoms. The maximum Gasteiger partial charge on any atom is 0.0492 e. The second-order valence-corrected chi connectivity index (χ2v) is 5.67. The van der Waals surface area contributed by atoms with Crippen LogP contribution in [-0.2, 0) is 0 Å². The summed E-state index contributed by atoms with van der Waals surface area (Å²) in [6.45, 7) is 8.19. The van der Waals surface area contributed by atoms with Crippen molar-refractivity contribution in [3.8, 4) is 0 Å². The molecule has 0 rings (SSSR count). The molecular weight excluding hydrogens is 204 g/mol. The van der Waals surface area contributed by atoms with Crippen molar-refractivity contribution in [1.29, 1.82) is 0 Å². The smallest absolute Gasteiger partial charge is 0.0492 e. The SMILES string of the molecule is CC(C)(C=NO)CCCCC(C)(C)C=NO. The summed E-state index contributed by atoms with van der Waals surface area (Å²) in [5.74, 6) is 0. The van der Waals surface area contributed by atoms with E-state index in [-0.39, 0.29) is 10.8 Å². The van der Waals surface area contributed by atoms with Crippen LogP contribution in [0.1, 0.15) is 53.4 Å². The van der Waals surface area contributed by atoms with E-state index in [1.807, 2.05) is 27.7 Å². The molecule has 0 heterocycles. The fraction of sp³-hybridized carbons (Fsp3) is 0.833. The molecule has 0 aliphatic rings. The van der Waals surface area contributed by atoms with Crippen LogP contribution in [0, 0.1) is 10.8 Å². The number of oxime groups is 2. The Hall–Kier alpha value is -1.06. The van der Waals surface area contributed by atoms with E-state index in [1.165, 1.54) is 0 Å². The van der Waals surface area contributed by atoms with Gasteiger partial charge >= 0.3 is 0 Å². The maximum atomic E-state index is 8.48. The highest BCUT2D eigenvalue weighted by Gasteiger charge is 2.17. The van der Waals surface area contributed by atoms with Crippen molar-refractivity contribution >= 4 is 12.4 Å². The van der Waals surface area contributed by atoms with E-state index in [0.717, 1.165) is 25.7 Å². The molecule has 0 aromatic heterocycles. The Morgan fingerprint density at radius 3 is 1.38 bits per heavy atom. The molecule has 0 amide bonds. The van der Waals surface area contributed by atoms with Gasteiger partial charge in [-0.2, -0.15) is 0 Å². The minimum absolute atomic E-state index is 0.0516. The van der Waals surface area contributed by atoms with E-state index in [2.05, 4.69) is 10.3 Å². The summed E-state index contributed by atoms with van der Waals surface area (Å²) >= 11 is 0. The van der Waals surface area contributed by atoms with E-state index >= 15 is 0 Å². The van der Waals surface area contributed by atoms with E-state index in [1.54, 1.807) is 12.4 Å². The van der Waals surface area contributed by atoms with Crippen LogP contribution in [-0.4, -0.2) is 22.8 Å². The topological polar surface area (TPSA) is 65.2 Å². The monoisotopic (exact) mass is 228 g/mol. The van der Waals surface area contributed by atoms with Gasteiger partial charge in [-0.05, 0) is 12.8 Å². The molecule has 0 aromatic carbocycles. The van der Waals surface area contributed by atoms with E-state index in [4.69, 9.17) is 10.4 Å². The normalized spacial score (nSPS) is 14.0. The molecule has 4 heteroatoms. The number of unbranched alkanes of at least 4 members (excludes halogenated alkanes) is 1. The molecular formula is C12H24N2O2. The van der Waals surface area contributed by atoms with Crippen LogP contribution < -0.4 is 0 Å². The lowest BCUT2D eigenvalue weighted by Gasteiger charge is -2.21. The molecule has 0 aliphatic carbocycles. The second kappa shape index (κ2) is 6.51. The third kappa shape index (κ3) is 7.26. The number of hydrogen-bond donors (Lipinski definition) is 2. The lowest BCUT2D eigenvalue weighted by molar-refractivity contribution is 0.306. The molecule has 0 saturated carbocycles. The standard InChI is InChI=1S/C12H24N2O2/c1-11(2,9-13-15)7-5-6-8-12(3,4)10-14-16/h9-10,15-16H,5-8H2,1-4H3. The number of nitrogens with zero attached hydrogens (tertiary/aromatic N) is 2. The Morgan fingerprint density at radius 2 is 1.12 bits per heavy atom. The van der Waals surface area contributed by atoms with Gasteiger partial charge in [-0.1, -0.05) is 40.5 Å². The molecule has 0 bridgehead atoms. The molecule has 2 N–H and O–H groups in total. The lowest BCUT2D eigenvalue weighted by atomic mass is 9.84.